The van der Waals surface area contributed by atoms with Crippen LogP contribution in [0.25, 0.3) is 0 Å². The molecule has 108 valence electrons. The molecule has 0 unspecified atom stereocenters. The molecule has 0 saturated heterocycles. The number of benzene rings is 1. The number of fused-ring (bicyclic) bond motifs is 1. The van der Waals surface area contributed by atoms with E-state index in [0.29, 0.717) is 30.8 Å². The summed E-state index contributed by atoms with van der Waals surface area (Å²) in [4.78, 5) is 25.6. The lowest BCUT2D eigenvalue weighted by Crippen LogP contribution is -2.28. The summed E-state index contributed by atoms with van der Waals surface area (Å²) in [5.41, 5.74) is 7.59. The molecule has 0 saturated carbocycles. The molecule has 1 aliphatic rings. The average molecular weight is 275 g/mol. The van der Waals surface area contributed by atoms with Crippen molar-refractivity contribution in [3.05, 3.63) is 34.9 Å². The Bertz CT molecular complexity index is 514. The first-order valence-electron chi connectivity index (χ1n) is 7.00. The van der Waals surface area contributed by atoms with Crippen molar-refractivity contribution in [1.82, 2.24) is 10.2 Å². The fourth-order valence-electron chi connectivity index (χ4n) is 2.34. The zero-order chi connectivity index (χ0) is 14.5. The number of hydrogen-bond acceptors (Lipinski definition) is 3. The van der Waals surface area contributed by atoms with Gasteiger partial charge in [0.2, 0.25) is 0 Å². The van der Waals surface area contributed by atoms with Gasteiger partial charge < -0.3 is 16.0 Å². The first kappa shape index (κ1) is 14.5. The molecule has 5 heteroatoms. The Morgan fingerprint density at radius 3 is 2.90 bits per heavy atom. The summed E-state index contributed by atoms with van der Waals surface area (Å²) in [5, 5.41) is 2.75. The number of unbranched alkanes of at least 4 members (excludes halogenated alkanes) is 2. The lowest BCUT2D eigenvalue weighted by Gasteiger charge is -2.17. The number of carbonyl (C=O) groups excluding carboxylic acids is 2. The molecule has 20 heavy (non-hydrogen) atoms. The maximum Gasteiger partial charge on any atom is 0.253 e. The van der Waals surface area contributed by atoms with Gasteiger partial charge in [0, 0.05) is 31.3 Å². The molecule has 0 aromatic heterocycles. The van der Waals surface area contributed by atoms with Crippen molar-refractivity contribution in [1.29, 1.82) is 0 Å². The van der Waals surface area contributed by atoms with Crippen LogP contribution in [-0.4, -0.2) is 36.9 Å². The molecule has 0 atom stereocenters. The van der Waals surface area contributed by atoms with Gasteiger partial charge in [-0.1, -0.05) is 12.5 Å². The Morgan fingerprint density at radius 2 is 2.15 bits per heavy atom. The van der Waals surface area contributed by atoms with E-state index in [9.17, 15) is 9.59 Å². The lowest BCUT2D eigenvalue weighted by atomic mass is 10.1. The van der Waals surface area contributed by atoms with Crippen LogP contribution >= 0.6 is 0 Å². The van der Waals surface area contributed by atoms with E-state index in [-0.39, 0.29) is 11.8 Å². The summed E-state index contributed by atoms with van der Waals surface area (Å²) in [6.07, 6.45) is 2.96. The van der Waals surface area contributed by atoms with Gasteiger partial charge >= 0.3 is 0 Å². The van der Waals surface area contributed by atoms with Crippen LogP contribution in [0.4, 0.5) is 0 Å². The minimum atomic E-state index is -0.0970. The molecule has 1 heterocycles. The van der Waals surface area contributed by atoms with Crippen molar-refractivity contribution in [3.8, 4) is 0 Å². The highest BCUT2D eigenvalue weighted by molar-refractivity contribution is 6.02. The van der Waals surface area contributed by atoms with Gasteiger partial charge in [0.25, 0.3) is 11.8 Å². The van der Waals surface area contributed by atoms with Crippen molar-refractivity contribution in [2.75, 3.05) is 20.1 Å². The fraction of sp³-hybridized carbons (Fsp3) is 0.467. The monoisotopic (exact) mass is 275 g/mol. The molecule has 0 aliphatic carbocycles. The second-order valence-corrected chi connectivity index (χ2v) is 5.13. The second kappa shape index (κ2) is 6.52. The standard InChI is InChI=1S/C15H21N3O2/c1-18(8-4-2-3-7-16)15(20)11-5-6-12-10-17-14(19)13(12)9-11/h5-6,9H,2-4,7-8,10,16H2,1H3,(H,17,19). The Morgan fingerprint density at radius 1 is 1.35 bits per heavy atom. The van der Waals surface area contributed by atoms with Crippen LogP contribution in [-0.2, 0) is 6.54 Å². The van der Waals surface area contributed by atoms with Gasteiger partial charge in [-0.05, 0) is 37.1 Å². The number of carbonyl (C=O) groups is 2. The van der Waals surface area contributed by atoms with Crippen LogP contribution < -0.4 is 11.1 Å². The van der Waals surface area contributed by atoms with Gasteiger partial charge in [0.15, 0.2) is 0 Å². The largest absolute Gasteiger partial charge is 0.348 e. The Kier molecular flexibility index (Phi) is 4.74. The van der Waals surface area contributed by atoms with E-state index in [2.05, 4.69) is 5.32 Å². The number of nitrogens with two attached hydrogens (primary N) is 1. The Hall–Kier alpha value is -1.88. The van der Waals surface area contributed by atoms with Crippen LogP contribution in [0.1, 0.15) is 45.5 Å². The summed E-state index contributed by atoms with van der Waals surface area (Å²) < 4.78 is 0. The van der Waals surface area contributed by atoms with Crippen molar-refractivity contribution in [2.45, 2.75) is 25.8 Å². The van der Waals surface area contributed by atoms with Gasteiger partial charge in [0.05, 0.1) is 0 Å². The van der Waals surface area contributed by atoms with Gasteiger partial charge in [-0.15, -0.1) is 0 Å². The highest BCUT2D eigenvalue weighted by Crippen LogP contribution is 2.18. The van der Waals surface area contributed by atoms with Crippen molar-refractivity contribution in [2.24, 2.45) is 5.73 Å². The van der Waals surface area contributed by atoms with Crippen molar-refractivity contribution < 1.29 is 9.59 Å². The quantitative estimate of drug-likeness (QED) is 0.764. The number of nitrogens with zero attached hydrogens (tertiary/aromatic N) is 1. The first-order valence-corrected chi connectivity index (χ1v) is 7.00. The maximum absolute atomic E-state index is 12.3. The average Bonchev–Trinajstić information content (AvgIpc) is 2.83. The van der Waals surface area contributed by atoms with Crippen LogP contribution in [0.5, 0.6) is 0 Å². The smallest absolute Gasteiger partial charge is 0.253 e. The number of amides is 2. The molecule has 0 radical (unpaired) electrons. The highest BCUT2D eigenvalue weighted by Gasteiger charge is 2.21. The van der Waals surface area contributed by atoms with Gasteiger partial charge in [-0.3, -0.25) is 9.59 Å². The summed E-state index contributed by atoms with van der Waals surface area (Å²) in [6.45, 7) is 1.96. The van der Waals surface area contributed by atoms with Crippen LogP contribution in [0.2, 0.25) is 0 Å². The molecule has 2 amide bonds. The van der Waals surface area contributed by atoms with E-state index in [1.54, 1.807) is 24.1 Å². The van der Waals surface area contributed by atoms with E-state index in [4.69, 9.17) is 5.73 Å². The van der Waals surface area contributed by atoms with E-state index < -0.39 is 0 Å². The molecule has 2 rings (SSSR count). The molecule has 3 N–H and O–H groups in total. The van der Waals surface area contributed by atoms with E-state index in [1.165, 1.54) is 0 Å². The topological polar surface area (TPSA) is 75.4 Å². The van der Waals surface area contributed by atoms with Gasteiger partial charge in [0.1, 0.15) is 0 Å². The third-order valence-electron chi connectivity index (χ3n) is 3.59. The number of rotatable bonds is 6. The first-order chi connectivity index (χ1) is 9.63. The third kappa shape index (κ3) is 3.17. The molecule has 0 spiro atoms. The fourth-order valence-corrected chi connectivity index (χ4v) is 2.34. The van der Waals surface area contributed by atoms with Crippen LogP contribution in [0, 0.1) is 0 Å². The van der Waals surface area contributed by atoms with Crippen molar-refractivity contribution >= 4 is 11.8 Å². The third-order valence-corrected chi connectivity index (χ3v) is 3.59. The summed E-state index contributed by atoms with van der Waals surface area (Å²) in [5.74, 6) is -0.138. The minimum absolute atomic E-state index is 0.0414. The second-order valence-electron chi connectivity index (χ2n) is 5.13. The molecular formula is C15H21N3O2. The highest BCUT2D eigenvalue weighted by atomic mass is 16.2. The molecule has 0 fully saturated rings. The lowest BCUT2D eigenvalue weighted by molar-refractivity contribution is 0.0792. The molecular weight excluding hydrogens is 254 g/mol. The summed E-state index contributed by atoms with van der Waals surface area (Å²) in [7, 11) is 1.79. The molecule has 5 nitrogen and oxygen atoms in total. The van der Waals surface area contributed by atoms with Gasteiger partial charge in [-0.2, -0.15) is 0 Å². The summed E-state index contributed by atoms with van der Waals surface area (Å²) >= 11 is 0. The van der Waals surface area contributed by atoms with Crippen LogP contribution in [0.15, 0.2) is 18.2 Å². The van der Waals surface area contributed by atoms with Gasteiger partial charge in [-0.25, -0.2) is 0 Å². The van der Waals surface area contributed by atoms with E-state index in [1.807, 2.05) is 6.07 Å². The maximum atomic E-state index is 12.3. The number of hydrogen-bond donors (Lipinski definition) is 2. The molecule has 0 bridgehead atoms. The Labute approximate surface area is 119 Å². The minimum Gasteiger partial charge on any atom is -0.348 e. The number of nitrogens with one attached hydrogen (secondary N) is 1. The zero-order valence-corrected chi connectivity index (χ0v) is 11.8. The normalized spacial score (nSPS) is 13.0. The predicted octanol–water partition coefficient (Wildman–Crippen LogP) is 1.13. The SMILES string of the molecule is CN(CCCCCN)C(=O)c1ccc2c(c1)C(=O)NC2. The van der Waals surface area contributed by atoms with Crippen LogP contribution in [0.3, 0.4) is 0 Å². The Balaban J connectivity index is 1.99. The van der Waals surface area contributed by atoms with E-state index in [0.717, 1.165) is 24.8 Å². The molecule has 1 aliphatic heterocycles. The predicted molar refractivity (Wildman–Crippen MR) is 77.5 cm³/mol. The van der Waals surface area contributed by atoms with E-state index >= 15 is 0 Å². The van der Waals surface area contributed by atoms with Crippen molar-refractivity contribution in [3.63, 3.8) is 0 Å². The summed E-state index contributed by atoms with van der Waals surface area (Å²) in [6, 6.07) is 5.33. The zero-order valence-electron chi connectivity index (χ0n) is 11.8. The molecule has 1 aromatic carbocycles. The molecule has 1 aromatic rings.